The van der Waals surface area contributed by atoms with Crippen LogP contribution in [0.2, 0.25) is 0 Å². The third kappa shape index (κ3) is 4.43. The number of rotatable bonds is 6. The molecule has 1 atom stereocenters. The summed E-state index contributed by atoms with van der Waals surface area (Å²) in [6.07, 6.45) is 0. The van der Waals surface area contributed by atoms with Gasteiger partial charge in [-0.1, -0.05) is 146 Å². The van der Waals surface area contributed by atoms with Gasteiger partial charge in [0.1, 0.15) is 0 Å². The highest BCUT2D eigenvalue weighted by molar-refractivity contribution is 6.00. The van der Waals surface area contributed by atoms with Crippen LogP contribution in [-0.2, 0) is 5.41 Å². The molecule has 2 heteroatoms. The molecule has 2 nitrogen and oxygen atoms in total. The van der Waals surface area contributed by atoms with Crippen molar-refractivity contribution in [3.63, 3.8) is 0 Å². The molecule has 10 rings (SSSR count). The molecule has 51 heavy (non-hydrogen) atoms. The van der Waals surface area contributed by atoms with E-state index in [0.717, 1.165) is 22.7 Å². The van der Waals surface area contributed by atoms with Gasteiger partial charge in [-0.3, -0.25) is 0 Å². The number of anilines is 6. The van der Waals surface area contributed by atoms with Gasteiger partial charge in [0.05, 0.1) is 16.8 Å². The van der Waals surface area contributed by atoms with E-state index < -0.39 is 5.41 Å². The van der Waals surface area contributed by atoms with Gasteiger partial charge in [-0.25, -0.2) is 0 Å². The molecular formula is C49H34N2. The van der Waals surface area contributed by atoms with E-state index >= 15 is 0 Å². The van der Waals surface area contributed by atoms with Crippen molar-refractivity contribution < 1.29 is 0 Å². The van der Waals surface area contributed by atoms with E-state index in [-0.39, 0.29) is 0 Å². The average Bonchev–Trinajstić information content (AvgIpc) is 3.51. The van der Waals surface area contributed by atoms with Crippen LogP contribution in [0.1, 0.15) is 22.3 Å². The van der Waals surface area contributed by atoms with Crippen molar-refractivity contribution in [2.45, 2.75) is 5.41 Å². The fourth-order valence-electron chi connectivity index (χ4n) is 8.57. The van der Waals surface area contributed by atoms with Crippen molar-refractivity contribution >= 4 is 34.1 Å². The highest BCUT2D eigenvalue weighted by Crippen LogP contribution is 2.65. The maximum Gasteiger partial charge on any atom is 0.0755 e. The van der Waals surface area contributed by atoms with Crippen molar-refractivity contribution in [1.29, 1.82) is 0 Å². The lowest BCUT2D eigenvalue weighted by atomic mass is 9.65. The molecule has 1 aliphatic heterocycles. The van der Waals surface area contributed by atoms with Gasteiger partial charge in [-0.2, -0.15) is 0 Å². The zero-order valence-corrected chi connectivity index (χ0v) is 28.0. The minimum atomic E-state index is -0.519. The van der Waals surface area contributed by atoms with Gasteiger partial charge in [0.25, 0.3) is 0 Å². The van der Waals surface area contributed by atoms with Crippen LogP contribution >= 0.6 is 0 Å². The number of benzene rings is 8. The van der Waals surface area contributed by atoms with E-state index in [1.165, 1.54) is 55.9 Å². The maximum absolute atomic E-state index is 2.46. The second kappa shape index (κ2) is 11.8. The first-order chi connectivity index (χ1) is 25.3. The summed E-state index contributed by atoms with van der Waals surface area (Å²) in [6, 6.07) is 75.2. The molecule has 0 saturated carbocycles. The summed E-state index contributed by atoms with van der Waals surface area (Å²) in [4.78, 5) is 4.85. The summed E-state index contributed by atoms with van der Waals surface area (Å²) in [5, 5.41) is 0. The largest absolute Gasteiger partial charge is 0.310 e. The second-order valence-corrected chi connectivity index (χ2v) is 13.3. The van der Waals surface area contributed by atoms with Crippen LogP contribution in [0.3, 0.4) is 0 Å². The van der Waals surface area contributed by atoms with Crippen molar-refractivity contribution in [2.24, 2.45) is 0 Å². The van der Waals surface area contributed by atoms with Crippen LogP contribution < -0.4 is 9.80 Å². The fraction of sp³-hybridized carbons (Fsp3) is 0.0204. The van der Waals surface area contributed by atoms with Gasteiger partial charge >= 0.3 is 0 Å². The molecule has 0 radical (unpaired) electrons. The zero-order chi connectivity index (χ0) is 33.8. The molecular weight excluding hydrogens is 617 g/mol. The lowest BCUT2D eigenvalue weighted by molar-refractivity contribution is 0.753. The molecule has 0 saturated heterocycles. The molecule has 8 aromatic carbocycles. The molecule has 0 N–H and O–H groups in total. The van der Waals surface area contributed by atoms with Gasteiger partial charge < -0.3 is 9.80 Å². The molecule has 1 unspecified atom stereocenters. The summed E-state index contributed by atoms with van der Waals surface area (Å²) in [7, 11) is 0. The Balaban J connectivity index is 1.26. The standard InChI is InChI=1S/C49H34N2/c1-5-17-35(18-6-1)36-19-15-26-40(33-36)50(38-22-9-3-10-23-38)41-31-32-42-43-27-16-30-47-48(43)49(45(42)34-41,37-20-7-2-8-21-37)44-28-13-14-29-46(44)51(47)39-24-11-4-12-25-39/h1-34H. The first-order valence-electron chi connectivity index (χ1n) is 17.6. The fourth-order valence-corrected chi connectivity index (χ4v) is 8.57. The first-order valence-corrected chi connectivity index (χ1v) is 17.6. The summed E-state index contributed by atoms with van der Waals surface area (Å²) in [6.45, 7) is 0. The van der Waals surface area contributed by atoms with Crippen molar-refractivity contribution in [3.05, 3.63) is 229 Å². The molecule has 0 amide bonds. The Bertz CT molecular complexity index is 2530. The molecule has 0 bridgehead atoms. The van der Waals surface area contributed by atoms with Crippen LogP contribution in [0, 0.1) is 0 Å². The van der Waals surface area contributed by atoms with Crippen LogP contribution in [-0.4, -0.2) is 0 Å². The molecule has 1 heterocycles. The number of fused-ring (bicyclic) bond motifs is 5. The van der Waals surface area contributed by atoms with Crippen LogP contribution in [0.25, 0.3) is 22.3 Å². The monoisotopic (exact) mass is 650 g/mol. The summed E-state index contributed by atoms with van der Waals surface area (Å²) in [5.41, 5.74) is 16.6. The van der Waals surface area contributed by atoms with E-state index in [2.05, 4.69) is 216 Å². The molecule has 240 valence electrons. The van der Waals surface area contributed by atoms with Gasteiger partial charge in [-0.05, 0) is 99.6 Å². The van der Waals surface area contributed by atoms with Crippen molar-refractivity contribution in [3.8, 4) is 22.3 Å². The van der Waals surface area contributed by atoms with E-state index in [9.17, 15) is 0 Å². The quantitative estimate of drug-likeness (QED) is 0.177. The van der Waals surface area contributed by atoms with Gasteiger partial charge in [0, 0.05) is 28.3 Å². The number of para-hydroxylation sites is 3. The Labute approximate surface area is 299 Å². The van der Waals surface area contributed by atoms with Crippen LogP contribution in [0.15, 0.2) is 206 Å². The highest BCUT2D eigenvalue weighted by atomic mass is 15.2. The Morgan fingerprint density at radius 2 is 0.961 bits per heavy atom. The van der Waals surface area contributed by atoms with E-state index in [1.807, 2.05) is 0 Å². The van der Waals surface area contributed by atoms with Gasteiger partial charge in [0.15, 0.2) is 0 Å². The third-order valence-electron chi connectivity index (χ3n) is 10.6. The number of hydrogen-bond acceptors (Lipinski definition) is 2. The minimum absolute atomic E-state index is 0.519. The van der Waals surface area contributed by atoms with E-state index in [0.29, 0.717) is 0 Å². The molecule has 1 aliphatic carbocycles. The molecule has 0 spiro atoms. The Morgan fingerprint density at radius 3 is 1.75 bits per heavy atom. The predicted octanol–water partition coefficient (Wildman–Crippen LogP) is 13.0. The Hall–Kier alpha value is -6.64. The SMILES string of the molecule is c1ccc(-c2cccc(N(c3ccccc3)c3ccc4c(c3)C3(c5ccccc5)c5ccccc5N(c5ccccc5)c5cccc-4c53)c2)cc1. The predicted molar refractivity (Wildman–Crippen MR) is 212 cm³/mol. The minimum Gasteiger partial charge on any atom is -0.310 e. The Kier molecular flexibility index (Phi) is 6.75. The van der Waals surface area contributed by atoms with Gasteiger partial charge in [0.2, 0.25) is 0 Å². The zero-order valence-electron chi connectivity index (χ0n) is 28.0. The molecule has 8 aromatic rings. The molecule has 2 aliphatic rings. The summed E-state index contributed by atoms with van der Waals surface area (Å²) in [5.74, 6) is 0. The normalized spacial score (nSPS) is 15.1. The van der Waals surface area contributed by atoms with E-state index in [4.69, 9.17) is 0 Å². The number of hydrogen-bond donors (Lipinski definition) is 0. The summed E-state index contributed by atoms with van der Waals surface area (Å²) < 4.78 is 0. The van der Waals surface area contributed by atoms with Crippen LogP contribution in [0.5, 0.6) is 0 Å². The highest BCUT2D eigenvalue weighted by Gasteiger charge is 2.52. The lowest BCUT2D eigenvalue weighted by Gasteiger charge is -2.44. The van der Waals surface area contributed by atoms with Crippen LogP contribution in [0.4, 0.5) is 34.1 Å². The smallest absolute Gasteiger partial charge is 0.0755 e. The van der Waals surface area contributed by atoms with Crippen molar-refractivity contribution in [1.82, 2.24) is 0 Å². The Morgan fingerprint density at radius 1 is 0.373 bits per heavy atom. The number of nitrogens with zero attached hydrogens (tertiary/aromatic N) is 2. The second-order valence-electron chi connectivity index (χ2n) is 13.3. The van der Waals surface area contributed by atoms with Crippen molar-refractivity contribution in [2.75, 3.05) is 9.80 Å². The topological polar surface area (TPSA) is 6.48 Å². The van der Waals surface area contributed by atoms with E-state index in [1.54, 1.807) is 0 Å². The molecule has 0 fully saturated rings. The summed E-state index contributed by atoms with van der Waals surface area (Å²) >= 11 is 0. The van der Waals surface area contributed by atoms with Gasteiger partial charge in [-0.15, -0.1) is 0 Å². The molecule has 0 aromatic heterocycles. The third-order valence-corrected chi connectivity index (χ3v) is 10.6. The maximum atomic E-state index is 2.46. The average molecular weight is 651 g/mol. The first kappa shape index (κ1) is 29.3. The lowest BCUT2D eigenvalue weighted by Crippen LogP contribution is -2.36.